The maximum atomic E-state index is 14.3. The minimum Gasteiger partial charge on any atom is -0.497 e. The van der Waals surface area contributed by atoms with Crippen molar-refractivity contribution in [2.45, 2.75) is 33.4 Å². The molecule has 0 saturated carbocycles. The Bertz CT molecular complexity index is 2020. The minimum atomic E-state index is -0.818. The average molecular weight is 701 g/mol. The first-order valence-electron chi connectivity index (χ1n) is 14.5. The van der Waals surface area contributed by atoms with Crippen molar-refractivity contribution in [2.24, 2.45) is 4.99 Å². The summed E-state index contributed by atoms with van der Waals surface area (Å²) in [5.41, 5.74) is 2.61. The van der Waals surface area contributed by atoms with Crippen LogP contribution < -0.4 is 29.1 Å². The third-order valence-corrected chi connectivity index (χ3v) is 9.63. The third kappa shape index (κ3) is 6.69. The number of hydrogen-bond donors (Lipinski definition) is 0. The lowest BCUT2D eigenvalue weighted by atomic mass is 9.93. The van der Waals surface area contributed by atoms with Crippen molar-refractivity contribution in [3.63, 3.8) is 0 Å². The summed E-state index contributed by atoms with van der Waals surface area (Å²) < 4.78 is 19.3. The van der Waals surface area contributed by atoms with Crippen molar-refractivity contribution in [1.29, 1.82) is 0 Å². The van der Waals surface area contributed by atoms with Crippen LogP contribution in [0.3, 0.4) is 0 Å². The molecule has 1 aromatic heterocycles. The lowest BCUT2D eigenvalue weighted by Gasteiger charge is -2.30. The Morgan fingerprint density at radius 3 is 2.39 bits per heavy atom. The van der Waals surface area contributed by atoms with Crippen LogP contribution >= 0.6 is 46.1 Å². The molecule has 0 N–H and O–H groups in total. The van der Waals surface area contributed by atoms with E-state index in [0.717, 1.165) is 5.56 Å². The molecule has 0 saturated heterocycles. The number of thiazole rings is 1. The van der Waals surface area contributed by atoms with Crippen LogP contribution in [0.25, 0.3) is 6.08 Å². The molecule has 1 aliphatic heterocycles. The van der Waals surface area contributed by atoms with Gasteiger partial charge in [0.2, 0.25) is 0 Å². The lowest BCUT2D eigenvalue weighted by Crippen LogP contribution is -2.43. The van der Waals surface area contributed by atoms with E-state index in [2.05, 4.69) is 0 Å². The molecule has 1 aliphatic rings. The van der Waals surface area contributed by atoms with Crippen LogP contribution in [-0.4, -0.2) is 42.7 Å². The van der Waals surface area contributed by atoms with Gasteiger partial charge in [-0.3, -0.25) is 14.2 Å². The molecular formula is C34H32Cl3N3O5S. The van der Waals surface area contributed by atoms with Crippen LogP contribution in [0.1, 0.15) is 43.5 Å². The molecule has 46 heavy (non-hydrogen) atoms. The van der Waals surface area contributed by atoms with E-state index in [1.165, 1.54) is 11.3 Å². The Morgan fingerprint density at radius 1 is 0.978 bits per heavy atom. The fraction of sp³-hybridized carbons (Fsp3) is 0.265. The molecular weight excluding hydrogens is 669 g/mol. The second kappa shape index (κ2) is 14.3. The van der Waals surface area contributed by atoms with Crippen molar-refractivity contribution in [3.05, 3.63) is 117 Å². The van der Waals surface area contributed by atoms with Gasteiger partial charge in [-0.25, -0.2) is 4.99 Å². The highest BCUT2D eigenvalue weighted by Crippen LogP contribution is 2.38. The van der Waals surface area contributed by atoms with E-state index in [1.807, 2.05) is 19.9 Å². The molecule has 0 radical (unpaired) electrons. The molecule has 240 valence electrons. The monoisotopic (exact) mass is 699 g/mol. The molecule has 5 rings (SSSR count). The van der Waals surface area contributed by atoms with Gasteiger partial charge in [0.1, 0.15) is 29.9 Å². The number of amides is 1. The topological polar surface area (TPSA) is 82.4 Å². The standard InChI is InChI=1S/C34H32Cl3N3O5S/c1-6-39(7-2)33(42)30-19(3)38-34-40(31(30)24-17-23(43-4)10-13-28(24)44-5)32(41)29(46-34)16-21-15-22(35)9-12-27(21)45-18-20-8-11-25(36)26(37)14-20/h8-17,31H,6-7,18H2,1-5H3/b29-16+/t31-/m1/s1. The van der Waals surface area contributed by atoms with Gasteiger partial charge in [0.25, 0.3) is 11.5 Å². The summed E-state index contributed by atoms with van der Waals surface area (Å²) in [5.74, 6) is 1.38. The van der Waals surface area contributed by atoms with Crippen LogP contribution in [0.15, 0.2) is 75.7 Å². The van der Waals surface area contributed by atoms with Crippen LogP contribution in [0, 0.1) is 0 Å². The van der Waals surface area contributed by atoms with E-state index in [-0.39, 0.29) is 18.1 Å². The maximum Gasteiger partial charge on any atom is 0.271 e. The molecule has 4 aromatic rings. The number of methoxy groups -OCH3 is 2. The third-order valence-electron chi connectivity index (χ3n) is 7.67. The van der Waals surface area contributed by atoms with Gasteiger partial charge in [0, 0.05) is 29.2 Å². The predicted octanol–water partition coefficient (Wildman–Crippen LogP) is 6.66. The van der Waals surface area contributed by atoms with Gasteiger partial charge < -0.3 is 19.1 Å². The molecule has 8 nitrogen and oxygen atoms in total. The Balaban J connectivity index is 1.67. The SMILES string of the molecule is CCN(CC)C(=O)C1=C(C)N=c2s/c(=C/c3cc(Cl)ccc3OCc3ccc(Cl)c(Cl)c3)c(=O)n2[C@@H]1c1cc(OC)ccc1OC. The number of carbonyl (C=O) groups excluding carboxylic acids is 1. The molecule has 1 amide bonds. The number of nitrogens with zero attached hydrogens (tertiary/aromatic N) is 3. The van der Waals surface area contributed by atoms with Crippen molar-refractivity contribution in [1.82, 2.24) is 9.47 Å². The van der Waals surface area contributed by atoms with E-state index in [4.69, 9.17) is 54.0 Å². The second-order valence-corrected chi connectivity index (χ2v) is 12.6. The van der Waals surface area contributed by atoms with E-state index < -0.39 is 6.04 Å². The van der Waals surface area contributed by atoms with Crippen molar-refractivity contribution >= 4 is 58.1 Å². The number of allylic oxidation sites excluding steroid dienone is 1. The van der Waals surface area contributed by atoms with Gasteiger partial charge in [0.05, 0.1) is 40.1 Å². The summed E-state index contributed by atoms with van der Waals surface area (Å²) in [6.45, 7) is 6.84. The number of halogens is 3. The van der Waals surface area contributed by atoms with Gasteiger partial charge in [-0.15, -0.1) is 0 Å². The first-order valence-corrected chi connectivity index (χ1v) is 16.4. The average Bonchev–Trinajstić information content (AvgIpc) is 3.35. The fourth-order valence-corrected chi connectivity index (χ4v) is 6.86. The smallest absolute Gasteiger partial charge is 0.271 e. The van der Waals surface area contributed by atoms with Crippen molar-refractivity contribution in [3.8, 4) is 17.2 Å². The summed E-state index contributed by atoms with van der Waals surface area (Å²) in [7, 11) is 3.11. The Morgan fingerprint density at radius 2 is 1.72 bits per heavy atom. The largest absolute Gasteiger partial charge is 0.497 e. The molecule has 0 aliphatic carbocycles. The molecule has 0 bridgehead atoms. The van der Waals surface area contributed by atoms with Gasteiger partial charge in [-0.1, -0.05) is 52.2 Å². The van der Waals surface area contributed by atoms with Crippen LogP contribution in [0.2, 0.25) is 15.1 Å². The molecule has 0 fully saturated rings. The van der Waals surface area contributed by atoms with Crippen LogP contribution in [0.4, 0.5) is 0 Å². The number of carbonyl (C=O) groups is 1. The predicted molar refractivity (Wildman–Crippen MR) is 183 cm³/mol. The molecule has 0 unspecified atom stereocenters. The van der Waals surface area contributed by atoms with Crippen LogP contribution in [0.5, 0.6) is 17.2 Å². The summed E-state index contributed by atoms with van der Waals surface area (Å²) in [6.07, 6.45) is 1.73. The highest BCUT2D eigenvalue weighted by molar-refractivity contribution is 7.07. The Labute approximate surface area is 285 Å². The zero-order valence-corrected chi connectivity index (χ0v) is 29.0. The van der Waals surface area contributed by atoms with E-state index in [9.17, 15) is 9.59 Å². The second-order valence-electron chi connectivity index (χ2n) is 10.4. The zero-order valence-electron chi connectivity index (χ0n) is 25.9. The number of ether oxygens (including phenoxy) is 3. The highest BCUT2D eigenvalue weighted by Gasteiger charge is 2.36. The van der Waals surface area contributed by atoms with E-state index in [1.54, 1.807) is 85.2 Å². The number of fused-ring (bicyclic) bond motifs is 1. The number of likely N-dealkylation sites (N-methyl/N-ethyl adjacent to an activating group) is 1. The molecule has 12 heteroatoms. The van der Waals surface area contributed by atoms with Gasteiger partial charge in [0.15, 0.2) is 4.80 Å². The molecule has 1 atom stereocenters. The maximum absolute atomic E-state index is 14.3. The number of benzene rings is 3. The Hall–Kier alpha value is -3.76. The highest BCUT2D eigenvalue weighted by atomic mass is 35.5. The van der Waals surface area contributed by atoms with Gasteiger partial charge in [-0.05, 0) is 80.9 Å². The summed E-state index contributed by atoms with van der Waals surface area (Å²) in [5, 5.41) is 1.36. The van der Waals surface area contributed by atoms with Gasteiger partial charge >= 0.3 is 0 Å². The van der Waals surface area contributed by atoms with E-state index >= 15 is 0 Å². The molecule has 3 aromatic carbocycles. The Kier molecular flexibility index (Phi) is 10.5. The lowest BCUT2D eigenvalue weighted by molar-refractivity contribution is -0.127. The normalized spacial score (nSPS) is 14.5. The minimum absolute atomic E-state index is 0.205. The molecule has 2 heterocycles. The zero-order chi connectivity index (χ0) is 33.1. The van der Waals surface area contributed by atoms with Gasteiger partial charge in [-0.2, -0.15) is 0 Å². The number of hydrogen-bond acceptors (Lipinski definition) is 7. The summed E-state index contributed by atoms with van der Waals surface area (Å²) >= 11 is 19.9. The van der Waals surface area contributed by atoms with Crippen molar-refractivity contribution in [2.75, 3.05) is 27.3 Å². The quantitative estimate of drug-likeness (QED) is 0.185. The summed E-state index contributed by atoms with van der Waals surface area (Å²) in [4.78, 5) is 35.3. The fourth-order valence-electron chi connectivity index (χ4n) is 5.32. The number of rotatable bonds is 10. The van der Waals surface area contributed by atoms with Crippen LogP contribution in [-0.2, 0) is 11.4 Å². The molecule has 0 spiro atoms. The number of aromatic nitrogens is 1. The first kappa shape index (κ1) is 33.6. The summed E-state index contributed by atoms with van der Waals surface area (Å²) in [6, 6.07) is 15.0. The first-order chi connectivity index (χ1) is 22.1. The van der Waals surface area contributed by atoms with Crippen molar-refractivity contribution < 1.29 is 19.0 Å². The van der Waals surface area contributed by atoms with E-state index in [0.29, 0.717) is 77.1 Å².